The molecule has 2 unspecified atom stereocenters. The van der Waals surface area contributed by atoms with E-state index in [4.69, 9.17) is 0 Å². The second-order valence-corrected chi connectivity index (χ2v) is 11.1. The molecule has 0 amide bonds. The summed E-state index contributed by atoms with van der Waals surface area (Å²) >= 11 is 0. The highest BCUT2D eigenvalue weighted by Gasteiger charge is 2.50. The minimum Gasteiger partial charge on any atom is -0.393 e. The van der Waals surface area contributed by atoms with E-state index >= 15 is 0 Å². The molecule has 31 heavy (non-hydrogen) atoms. The quantitative estimate of drug-likeness (QED) is 0.491. The largest absolute Gasteiger partial charge is 0.393 e. The topological polar surface area (TPSA) is 60.7 Å². The number of aliphatic hydroxyl groups is 3. The first-order valence-electron chi connectivity index (χ1n) is 12.4. The van der Waals surface area contributed by atoms with Crippen LogP contribution in [-0.2, 0) is 0 Å². The number of hydrogen-bond acceptors (Lipinski definition) is 3. The lowest BCUT2D eigenvalue weighted by molar-refractivity contribution is 0.0717. The van der Waals surface area contributed by atoms with Crippen LogP contribution in [0.3, 0.4) is 0 Å². The zero-order valence-corrected chi connectivity index (χ0v) is 19.9. The summed E-state index contributed by atoms with van der Waals surface area (Å²) in [7, 11) is 0. The molecule has 0 aromatic rings. The summed E-state index contributed by atoms with van der Waals surface area (Å²) in [6.45, 7) is 9.01. The number of hydrogen-bond donors (Lipinski definition) is 3. The van der Waals surface area contributed by atoms with Gasteiger partial charge in [0.05, 0.1) is 24.6 Å². The van der Waals surface area contributed by atoms with Crippen LogP contribution >= 0.6 is 0 Å². The molecular formula is C27H43FO3. The van der Waals surface area contributed by atoms with E-state index in [0.717, 1.165) is 24.8 Å². The molecule has 176 valence electrons. The van der Waals surface area contributed by atoms with Gasteiger partial charge in [0.2, 0.25) is 0 Å². The standard InChI is InChI=1S/C27H43FO3/c1-17(2)25(30)12-7-18(3)23-10-11-24-19(6-5-13-27(23,24)4)8-9-20-14-21(29)15-26(31)22(20)16-28/h8-9,16-18,21,23-26,29-31H,5-7,10-15H2,1-4H3/b19-8?,20-9-,22-16?/t18-,21-,23-,24?,25?,26-,27-/m1/s1. The number of rotatable bonds is 6. The van der Waals surface area contributed by atoms with Gasteiger partial charge in [-0.05, 0) is 86.0 Å². The highest BCUT2D eigenvalue weighted by atomic mass is 19.1. The Kier molecular flexibility index (Phi) is 8.21. The predicted octanol–water partition coefficient (Wildman–Crippen LogP) is 5.86. The molecule has 3 aliphatic carbocycles. The van der Waals surface area contributed by atoms with E-state index in [1.807, 2.05) is 6.08 Å². The van der Waals surface area contributed by atoms with Gasteiger partial charge in [-0.2, -0.15) is 0 Å². The van der Waals surface area contributed by atoms with Gasteiger partial charge in [0.25, 0.3) is 0 Å². The van der Waals surface area contributed by atoms with Crippen LogP contribution in [0.15, 0.2) is 35.2 Å². The molecule has 0 spiro atoms. The summed E-state index contributed by atoms with van der Waals surface area (Å²) in [6.07, 6.45) is 11.4. The molecule has 3 saturated carbocycles. The highest BCUT2D eigenvalue weighted by Crippen LogP contribution is 2.60. The van der Waals surface area contributed by atoms with Crippen molar-refractivity contribution >= 4 is 0 Å². The maximum atomic E-state index is 13.4. The summed E-state index contributed by atoms with van der Waals surface area (Å²) < 4.78 is 13.4. The molecule has 7 atom stereocenters. The van der Waals surface area contributed by atoms with Gasteiger partial charge in [-0.25, -0.2) is 4.39 Å². The lowest BCUT2D eigenvalue weighted by atomic mass is 9.60. The van der Waals surface area contributed by atoms with Gasteiger partial charge in [-0.3, -0.25) is 0 Å². The predicted molar refractivity (Wildman–Crippen MR) is 124 cm³/mol. The molecule has 0 heterocycles. The number of halogens is 1. The second-order valence-electron chi connectivity index (χ2n) is 11.1. The van der Waals surface area contributed by atoms with Gasteiger partial charge in [0.15, 0.2) is 0 Å². The van der Waals surface area contributed by atoms with E-state index in [1.54, 1.807) is 0 Å². The third-order valence-corrected chi connectivity index (χ3v) is 8.71. The summed E-state index contributed by atoms with van der Waals surface area (Å²) in [5, 5.41) is 30.4. The Morgan fingerprint density at radius 3 is 2.55 bits per heavy atom. The van der Waals surface area contributed by atoms with Crippen LogP contribution in [0.5, 0.6) is 0 Å². The number of aliphatic hydroxyl groups excluding tert-OH is 3. The molecule has 3 fully saturated rings. The lowest BCUT2D eigenvalue weighted by Gasteiger charge is -2.44. The maximum Gasteiger partial charge on any atom is 0.0927 e. The Morgan fingerprint density at radius 2 is 1.87 bits per heavy atom. The minimum atomic E-state index is -0.923. The van der Waals surface area contributed by atoms with Crippen molar-refractivity contribution in [2.75, 3.05) is 0 Å². The van der Waals surface area contributed by atoms with Crippen molar-refractivity contribution in [1.29, 1.82) is 0 Å². The van der Waals surface area contributed by atoms with Crippen LogP contribution in [0.1, 0.15) is 85.5 Å². The Hall–Kier alpha value is -0.970. The molecule has 3 rings (SSSR count). The van der Waals surface area contributed by atoms with Gasteiger partial charge < -0.3 is 15.3 Å². The summed E-state index contributed by atoms with van der Waals surface area (Å²) in [4.78, 5) is 0. The van der Waals surface area contributed by atoms with E-state index in [9.17, 15) is 19.7 Å². The van der Waals surface area contributed by atoms with Crippen molar-refractivity contribution < 1.29 is 19.7 Å². The second kappa shape index (κ2) is 10.3. The average molecular weight is 435 g/mol. The van der Waals surface area contributed by atoms with Crippen molar-refractivity contribution in [3.63, 3.8) is 0 Å². The smallest absolute Gasteiger partial charge is 0.0927 e. The Balaban J connectivity index is 1.74. The summed E-state index contributed by atoms with van der Waals surface area (Å²) in [5.74, 6) is 2.15. The number of allylic oxidation sites excluding steroid dienone is 3. The van der Waals surface area contributed by atoms with E-state index in [0.29, 0.717) is 42.0 Å². The lowest BCUT2D eigenvalue weighted by Crippen LogP contribution is -2.36. The van der Waals surface area contributed by atoms with Gasteiger partial charge in [-0.1, -0.05) is 45.4 Å². The Labute approximate surface area is 188 Å². The van der Waals surface area contributed by atoms with Crippen molar-refractivity contribution in [2.45, 2.75) is 104 Å². The first kappa shape index (κ1) is 24.7. The van der Waals surface area contributed by atoms with Crippen LogP contribution in [0.25, 0.3) is 0 Å². The van der Waals surface area contributed by atoms with Gasteiger partial charge in [0, 0.05) is 12.0 Å². The van der Waals surface area contributed by atoms with Crippen molar-refractivity contribution in [1.82, 2.24) is 0 Å². The average Bonchev–Trinajstić information content (AvgIpc) is 3.07. The summed E-state index contributed by atoms with van der Waals surface area (Å²) in [6, 6.07) is 0. The van der Waals surface area contributed by atoms with E-state index in [2.05, 4.69) is 33.8 Å². The van der Waals surface area contributed by atoms with Crippen molar-refractivity contribution in [2.24, 2.45) is 29.1 Å². The molecule has 4 heteroatoms. The first-order valence-corrected chi connectivity index (χ1v) is 12.4. The molecule has 3 N–H and O–H groups in total. The zero-order chi connectivity index (χ0) is 22.8. The third kappa shape index (κ3) is 5.34. The molecule has 0 aromatic carbocycles. The molecule has 3 nitrogen and oxygen atoms in total. The van der Waals surface area contributed by atoms with Gasteiger partial charge in [0.1, 0.15) is 0 Å². The molecule has 0 bridgehead atoms. The van der Waals surface area contributed by atoms with Crippen LogP contribution in [0.4, 0.5) is 4.39 Å². The fourth-order valence-corrected chi connectivity index (χ4v) is 6.75. The first-order chi connectivity index (χ1) is 14.7. The third-order valence-electron chi connectivity index (χ3n) is 8.71. The molecule has 0 radical (unpaired) electrons. The maximum absolute atomic E-state index is 13.4. The van der Waals surface area contributed by atoms with E-state index in [1.165, 1.54) is 31.3 Å². The van der Waals surface area contributed by atoms with Crippen LogP contribution in [0.2, 0.25) is 0 Å². The van der Waals surface area contributed by atoms with Crippen LogP contribution < -0.4 is 0 Å². The van der Waals surface area contributed by atoms with Crippen LogP contribution in [-0.4, -0.2) is 33.6 Å². The van der Waals surface area contributed by atoms with E-state index in [-0.39, 0.29) is 17.9 Å². The highest BCUT2D eigenvalue weighted by molar-refractivity contribution is 5.39. The fourth-order valence-electron chi connectivity index (χ4n) is 6.75. The summed E-state index contributed by atoms with van der Waals surface area (Å²) in [5.41, 5.74) is 2.78. The monoisotopic (exact) mass is 434 g/mol. The number of fused-ring (bicyclic) bond motifs is 1. The zero-order valence-electron chi connectivity index (χ0n) is 19.9. The molecule has 3 aliphatic rings. The SMILES string of the molecule is CC(C)C(O)CC[C@@H](C)[C@H]1CCC2C(=C/C=C3/C[C@@H](O)C[C@@H](O)C3=CF)CCC[C@@]21C. The molecule has 0 aromatic heterocycles. The van der Waals surface area contributed by atoms with E-state index < -0.39 is 12.2 Å². The fraction of sp³-hybridized carbons (Fsp3) is 0.778. The molecule has 0 aliphatic heterocycles. The minimum absolute atomic E-state index is 0.204. The van der Waals surface area contributed by atoms with Crippen molar-refractivity contribution in [3.8, 4) is 0 Å². The van der Waals surface area contributed by atoms with Gasteiger partial charge in [-0.15, -0.1) is 0 Å². The Morgan fingerprint density at radius 1 is 1.13 bits per heavy atom. The molecule has 0 saturated heterocycles. The van der Waals surface area contributed by atoms with Crippen molar-refractivity contribution in [3.05, 3.63) is 35.2 Å². The Bertz CT molecular complexity index is 709. The van der Waals surface area contributed by atoms with Gasteiger partial charge >= 0.3 is 0 Å². The molecular weight excluding hydrogens is 391 g/mol. The normalized spacial score (nSPS) is 40.0. The van der Waals surface area contributed by atoms with Crippen LogP contribution in [0, 0.1) is 29.1 Å².